The number of allylic oxidation sites excluding steroid dienone is 1. The fourth-order valence-electron chi connectivity index (χ4n) is 0.549. The zero-order valence-corrected chi connectivity index (χ0v) is 7.65. The highest BCUT2D eigenvalue weighted by molar-refractivity contribution is 14.1. The molecule has 0 aliphatic rings. The normalized spacial score (nSPS) is 7.67. The van der Waals surface area contributed by atoms with Gasteiger partial charge in [-0.05, 0) is 23.2 Å². The Bertz CT molecular complexity index is 116. The third-order valence-electron chi connectivity index (χ3n) is 1.03. The molecule has 0 radical (unpaired) electrons. The van der Waals surface area contributed by atoms with Crippen LogP contribution in [0, 0.1) is 9.85 Å². The molecule has 0 bridgehead atoms. The molecule has 0 N–H and O–H groups in total. The lowest BCUT2D eigenvalue weighted by molar-refractivity contribution is 0.773. The summed E-state index contributed by atoms with van der Waals surface area (Å²) >= 11 is 2.07. The van der Waals surface area contributed by atoms with Gasteiger partial charge in [0, 0.05) is 29.0 Å². The Labute approximate surface area is 70.9 Å². The molecule has 0 atom stereocenters. The van der Waals surface area contributed by atoms with Crippen molar-refractivity contribution in [1.29, 1.82) is 0 Å². The smallest absolute Gasteiger partial charge is 0.0181 e. The fraction of sp³-hybridized carbons (Fsp3) is 0.500. The van der Waals surface area contributed by atoms with Crippen molar-refractivity contribution in [2.75, 3.05) is 0 Å². The molecule has 0 saturated heterocycles. The van der Waals surface area contributed by atoms with Gasteiger partial charge in [-0.2, -0.15) is 0 Å². The van der Waals surface area contributed by atoms with Gasteiger partial charge in [-0.3, -0.25) is 0 Å². The summed E-state index contributed by atoms with van der Waals surface area (Å²) in [6.07, 6.45) is 6.56. The van der Waals surface area contributed by atoms with E-state index in [0.29, 0.717) is 0 Å². The monoisotopic (exact) mass is 234 g/mol. The largest absolute Gasteiger partial charge is 0.103 e. The lowest BCUT2D eigenvalue weighted by atomic mass is 10.2. The van der Waals surface area contributed by atoms with Crippen LogP contribution in [0.3, 0.4) is 0 Å². The SMILES string of the molecule is C=CCCCCC#CI. The first kappa shape index (κ1) is 9.03. The molecule has 0 fully saturated rings. The third-order valence-corrected chi connectivity index (χ3v) is 1.41. The van der Waals surface area contributed by atoms with E-state index >= 15 is 0 Å². The number of rotatable bonds is 4. The maximum atomic E-state index is 3.64. The summed E-state index contributed by atoms with van der Waals surface area (Å²) in [5.74, 6) is 3.01. The Morgan fingerprint density at radius 2 is 2.22 bits per heavy atom. The molecule has 0 aromatic rings. The minimum absolute atomic E-state index is 1.04. The van der Waals surface area contributed by atoms with Crippen LogP contribution in [0.5, 0.6) is 0 Å². The maximum absolute atomic E-state index is 3.64. The number of unbranched alkanes of at least 4 members (excludes halogenated alkanes) is 3. The van der Waals surface area contributed by atoms with Crippen LogP contribution in [0.15, 0.2) is 12.7 Å². The van der Waals surface area contributed by atoms with Gasteiger partial charge in [-0.25, -0.2) is 0 Å². The van der Waals surface area contributed by atoms with Crippen molar-refractivity contribution >= 4 is 22.6 Å². The van der Waals surface area contributed by atoms with Gasteiger partial charge in [0.15, 0.2) is 0 Å². The van der Waals surface area contributed by atoms with Gasteiger partial charge >= 0.3 is 0 Å². The van der Waals surface area contributed by atoms with E-state index in [2.05, 4.69) is 39.0 Å². The molecule has 0 amide bonds. The second kappa shape index (κ2) is 8.03. The van der Waals surface area contributed by atoms with E-state index in [9.17, 15) is 0 Å². The first-order chi connectivity index (χ1) is 4.41. The zero-order chi connectivity index (χ0) is 6.95. The lowest BCUT2D eigenvalue weighted by Gasteiger charge is -1.88. The fourth-order valence-corrected chi connectivity index (χ4v) is 0.819. The molecule has 0 aliphatic heterocycles. The topological polar surface area (TPSA) is 0 Å². The van der Waals surface area contributed by atoms with Gasteiger partial charge in [-0.15, -0.1) is 6.58 Å². The Balaban J connectivity index is 2.88. The van der Waals surface area contributed by atoms with Crippen LogP contribution < -0.4 is 0 Å². The van der Waals surface area contributed by atoms with Gasteiger partial charge in [0.05, 0.1) is 0 Å². The molecular weight excluding hydrogens is 223 g/mol. The van der Waals surface area contributed by atoms with Crippen molar-refractivity contribution in [2.24, 2.45) is 0 Å². The molecule has 1 heteroatoms. The zero-order valence-electron chi connectivity index (χ0n) is 5.49. The summed E-state index contributed by atoms with van der Waals surface area (Å²) in [5.41, 5.74) is 0. The van der Waals surface area contributed by atoms with E-state index in [-0.39, 0.29) is 0 Å². The van der Waals surface area contributed by atoms with Crippen LogP contribution in [0.1, 0.15) is 25.7 Å². The first-order valence-corrected chi connectivity index (χ1v) is 4.19. The number of halogens is 1. The second-order valence-electron chi connectivity index (χ2n) is 1.81. The average molecular weight is 234 g/mol. The van der Waals surface area contributed by atoms with E-state index in [1.165, 1.54) is 12.8 Å². The summed E-state index contributed by atoms with van der Waals surface area (Å²) in [4.78, 5) is 0. The first-order valence-electron chi connectivity index (χ1n) is 3.11. The Kier molecular flexibility index (Phi) is 8.06. The average Bonchev–Trinajstić information content (AvgIpc) is 1.89. The van der Waals surface area contributed by atoms with Crippen LogP contribution in [-0.2, 0) is 0 Å². The molecule has 0 aliphatic carbocycles. The molecule has 0 spiro atoms. The van der Waals surface area contributed by atoms with E-state index < -0.39 is 0 Å². The van der Waals surface area contributed by atoms with Crippen LogP contribution in [0.2, 0.25) is 0 Å². The Morgan fingerprint density at radius 1 is 1.44 bits per heavy atom. The molecule has 0 saturated carbocycles. The quantitative estimate of drug-likeness (QED) is 0.303. The summed E-state index contributed by atoms with van der Waals surface area (Å²) in [6, 6.07) is 0. The lowest BCUT2D eigenvalue weighted by Crippen LogP contribution is -1.70. The molecular formula is C8H11I. The summed E-state index contributed by atoms with van der Waals surface area (Å²) < 4.78 is 2.84. The van der Waals surface area contributed by atoms with Gasteiger partial charge < -0.3 is 0 Å². The van der Waals surface area contributed by atoms with Crippen LogP contribution in [0.25, 0.3) is 0 Å². The van der Waals surface area contributed by atoms with Crippen molar-refractivity contribution in [1.82, 2.24) is 0 Å². The number of hydrogen-bond acceptors (Lipinski definition) is 0. The van der Waals surface area contributed by atoms with E-state index in [1.54, 1.807) is 0 Å². The molecule has 0 nitrogen and oxygen atoms in total. The molecule has 9 heavy (non-hydrogen) atoms. The summed E-state index contributed by atoms with van der Waals surface area (Å²) in [7, 11) is 0. The highest BCUT2D eigenvalue weighted by Gasteiger charge is 1.80. The van der Waals surface area contributed by atoms with E-state index in [1.807, 2.05) is 6.08 Å². The van der Waals surface area contributed by atoms with Crippen LogP contribution in [0.4, 0.5) is 0 Å². The Hall–Kier alpha value is 0.0300. The van der Waals surface area contributed by atoms with Crippen molar-refractivity contribution in [3.8, 4) is 9.85 Å². The van der Waals surface area contributed by atoms with Crippen molar-refractivity contribution in [3.05, 3.63) is 12.7 Å². The molecule has 0 rings (SSSR count). The van der Waals surface area contributed by atoms with Gasteiger partial charge in [-0.1, -0.05) is 12.0 Å². The molecule has 0 aromatic carbocycles. The van der Waals surface area contributed by atoms with Crippen LogP contribution in [-0.4, -0.2) is 0 Å². The predicted octanol–water partition coefficient (Wildman–Crippen LogP) is 3.13. The summed E-state index contributed by atoms with van der Waals surface area (Å²) in [6.45, 7) is 3.64. The number of hydrogen-bond donors (Lipinski definition) is 0. The van der Waals surface area contributed by atoms with E-state index in [0.717, 1.165) is 12.8 Å². The molecule has 0 unspecified atom stereocenters. The second-order valence-corrected chi connectivity index (χ2v) is 2.35. The minimum Gasteiger partial charge on any atom is -0.103 e. The van der Waals surface area contributed by atoms with Gasteiger partial charge in [0.2, 0.25) is 0 Å². The molecule has 0 heterocycles. The third kappa shape index (κ3) is 8.03. The predicted molar refractivity (Wildman–Crippen MR) is 50.5 cm³/mol. The summed E-state index contributed by atoms with van der Waals surface area (Å²) in [5, 5.41) is 0. The van der Waals surface area contributed by atoms with Crippen molar-refractivity contribution in [3.63, 3.8) is 0 Å². The van der Waals surface area contributed by atoms with Crippen molar-refractivity contribution in [2.45, 2.75) is 25.7 Å². The van der Waals surface area contributed by atoms with E-state index in [4.69, 9.17) is 0 Å². The molecule has 0 aromatic heterocycles. The maximum Gasteiger partial charge on any atom is 0.0181 e. The molecule has 50 valence electrons. The Morgan fingerprint density at radius 3 is 2.78 bits per heavy atom. The van der Waals surface area contributed by atoms with Gasteiger partial charge in [0.25, 0.3) is 0 Å². The highest BCUT2D eigenvalue weighted by atomic mass is 127. The standard InChI is InChI=1S/C8H11I/c1-2-3-4-5-6-7-8-9/h2H,1,3-6H2. The van der Waals surface area contributed by atoms with Gasteiger partial charge in [0.1, 0.15) is 0 Å². The van der Waals surface area contributed by atoms with Crippen molar-refractivity contribution < 1.29 is 0 Å². The minimum atomic E-state index is 1.04. The van der Waals surface area contributed by atoms with Crippen LogP contribution >= 0.6 is 22.6 Å². The highest BCUT2D eigenvalue weighted by Crippen LogP contribution is 1.98.